The molecular weight excluding hydrogens is 333 g/mol. The summed E-state index contributed by atoms with van der Waals surface area (Å²) in [5, 5.41) is 12.5. The zero-order valence-electron chi connectivity index (χ0n) is 13.3. The van der Waals surface area contributed by atoms with Gasteiger partial charge in [-0.05, 0) is 24.3 Å². The molecule has 4 nitrogen and oxygen atoms in total. The van der Waals surface area contributed by atoms with E-state index in [2.05, 4.69) is 5.32 Å². The van der Waals surface area contributed by atoms with E-state index >= 15 is 0 Å². The maximum atomic E-state index is 13.7. The topological polar surface area (TPSA) is 50.7 Å². The lowest BCUT2D eigenvalue weighted by Gasteiger charge is -2.13. The Morgan fingerprint density at radius 2 is 1.92 bits per heavy atom. The fourth-order valence-corrected chi connectivity index (χ4v) is 2.33. The first-order valence-electron chi connectivity index (χ1n) is 7.74. The Hall–Kier alpha value is -1.66. The van der Waals surface area contributed by atoms with Gasteiger partial charge in [-0.15, -0.1) is 0 Å². The van der Waals surface area contributed by atoms with Crippen molar-refractivity contribution < 1.29 is 19.0 Å². The van der Waals surface area contributed by atoms with Gasteiger partial charge in [-0.2, -0.15) is 0 Å². The van der Waals surface area contributed by atoms with E-state index < -0.39 is 0 Å². The zero-order valence-corrected chi connectivity index (χ0v) is 14.1. The lowest BCUT2D eigenvalue weighted by atomic mass is 10.2. The van der Waals surface area contributed by atoms with Gasteiger partial charge in [-0.25, -0.2) is 4.39 Å². The molecule has 6 heteroatoms. The van der Waals surface area contributed by atoms with Crippen LogP contribution < -0.4 is 10.1 Å². The van der Waals surface area contributed by atoms with E-state index in [0.29, 0.717) is 42.6 Å². The van der Waals surface area contributed by atoms with Crippen molar-refractivity contribution in [3.63, 3.8) is 0 Å². The molecule has 130 valence electrons. The van der Waals surface area contributed by atoms with E-state index in [0.717, 1.165) is 5.56 Å². The summed E-state index contributed by atoms with van der Waals surface area (Å²) in [7, 11) is 0. The molecular formula is C18H21ClFNO3. The average Bonchev–Trinajstić information content (AvgIpc) is 2.58. The third-order valence-electron chi connectivity index (χ3n) is 3.34. The molecule has 24 heavy (non-hydrogen) atoms. The maximum Gasteiger partial charge on any atom is 0.129 e. The molecule has 0 spiro atoms. The Morgan fingerprint density at radius 3 is 2.71 bits per heavy atom. The summed E-state index contributed by atoms with van der Waals surface area (Å²) in [5.41, 5.74) is 1.39. The van der Waals surface area contributed by atoms with Crippen LogP contribution in [0.4, 0.5) is 4.39 Å². The molecule has 0 bridgehead atoms. The van der Waals surface area contributed by atoms with Crippen LogP contribution in [0.5, 0.6) is 5.75 Å². The van der Waals surface area contributed by atoms with Crippen LogP contribution >= 0.6 is 11.6 Å². The van der Waals surface area contributed by atoms with Gasteiger partial charge in [0.05, 0.1) is 19.8 Å². The van der Waals surface area contributed by atoms with Crippen molar-refractivity contribution in [3.8, 4) is 5.75 Å². The molecule has 2 aromatic rings. The first-order valence-corrected chi connectivity index (χ1v) is 8.12. The molecule has 0 radical (unpaired) electrons. The average molecular weight is 354 g/mol. The largest absolute Gasteiger partial charge is 0.488 e. The van der Waals surface area contributed by atoms with Crippen LogP contribution in [0.2, 0.25) is 5.02 Å². The standard InChI is InChI=1S/C18H21ClFNO3/c19-16-5-6-18(24-13-14-3-1-2-4-17(14)20)15(11-16)12-21-7-9-23-10-8-22/h1-6,11,21-22H,7-10,12-13H2. The van der Waals surface area contributed by atoms with Gasteiger partial charge in [0.25, 0.3) is 0 Å². The Morgan fingerprint density at radius 1 is 1.08 bits per heavy atom. The van der Waals surface area contributed by atoms with Gasteiger partial charge in [0.2, 0.25) is 0 Å². The lowest BCUT2D eigenvalue weighted by Crippen LogP contribution is -2.20. The molecule has 0 aliphatic rings. The molecule has 0 atom stereocenters. The third-order valence-corrected chi connectivity index (χ3v) is 3.57. The highest BCUT2D eigenvalue weighted by Gasteiger charge is 2.07. The molecule has 0 amide bonds. The Labute approximate surface area is 146 Å². The molecule has 0 saturated heterocycles. The van der Waals surface area contributed by atoms with E-state index in [1.165, 1.54) is 6.07 Å². The maximum absolute atomic E-state index is 13.7. The number of ether oxygens (including phenoxy) is 2. The molecule has 0 aliphatic heterocycles. The van der Waals surface area contributed by atoms with Crippen LogP contribution in [0.1, 0.15) is 11.1 Å². The number of rotatable bonds is 10. The van der Waals surface area contributed by atoms with Crippen LogP contribution in [-0.4, -0.2) is 31.5 Å². The Balaban J connectivity index is 1.91. The number of hydrogen-bond acceptors (Lipinski definition) is 4. The van der Waals surface area contributed by atoms with Gasteiger partial charge in [0.1, 0.15) is 18.2 Å². The van der Waals surface area contributed by atoms with E-state index in [-0.39, 0.29) is 19.0 Å². The van der Waals surface area contributed by atoms with Gasteiger partial charge in [0.15, 0.2) is 0 Å². The lowest BCUT2D eigenvalue weighted by molar-refractivity contribution is 0.0937. The predicted octanol–water partition coefficient (Wildman–Crippen LogP) is 3.16. The van der Waals surface area contributed by atoms with E-state index in [1.807, 2.05) is 6.07 Å². The molecule has 2 aromatic carbocycles. The first-order chi connectivity index (χ1) is 11.7. The van der Waals surface area contributed by atoms with E-state index in [1.54, 1.807) is 30.3 Å². The highest BCUT2D eigenvalue weighted by molar-refractivity contribution is 6.30. The molecule has 0 heterocycles. The number of aliphatic hydroxyl groups is 1. The van der Waals surface area contributed by atoms with Crippen molar-refractivity contribution in [2.75, 3.05) is 26.4 Å². The zero-order chi connectivity index (χ0) is 17.2. The van der Waals surface area contributed by atoms with Crippen molar-refractivity contribution >= 4 is 11.6 Å². The number of aliphatic hydroxyl groups excluding tert-OH is 1. The number of nitrogens with one attached hydrogen (secondary N) is 1. The monoisotopic (exact) mass is 353 g/mol. The quantitative estimate of drug-likeness (QED) is 0.644. The van der Waals surface area contributed by atoms with Crippen molar-refractivity contribution in [1.29, 1.82) is 0 Å². The van der Waals surface area contributed by atoms with Crippen LogP contribution in [0, 0.1) is 5.82 Å². The molecule has 0 aliphatic carbocycles. The minimum absolute atomic E-state index is 0.0162. The molecule has 0 saturated carbocycles. The fourth-order valence-electron chi connectivity index (χ4n) is 2.13. The number of hydrogen-bond donors (Lipinski definition) is 2. The van der Waals surface area contributed by atoms with Gasteiger partial charge in [-0.3, -0.25) is 0 Å². The van der Waals surface area contributed by atoms with Crippen molar-refractivity contribution in [2.45, 2.75) is 13.2 Å². The molecule has 2 N–H and O–H groups in total. The van der Waals surface area contributed by atoms with Crippen LogP contribution in [0.3, 0.4) is 0 Å². The molecule has 2 rings (SSSR count). The summed E-state index contributed by atoms with van der Waals surface area (Å²) >= 11 is 6.04. The van der Waals surface area contributed by atoms with Crippen molar-refractivity contribution in [1.82, 2.24) is 5.32 Å². The van der Waals surface area contributed by atoms with Crippen molar-refractivity contribution in [2.24, 2.45) is 0 Å². The third kappa shape index (κ3) is 6.09. The van der Waals surface area contributed by atoms with Gasteiger partial charge >= 0.3 is 0 Å². The van der Waals surface area contributed by atoms with Gasteiger partial charge in [-0.1, -0.05) is 29.8 Å². The molecule has 0 aromatic heterocycles. The smallest absolute Gasteiger partial charge is 0.129 e. The molecule has 0 unspecified atom stereocenters. The van der Waals surface area contributed by atoms with Crippen LogP contribution in [0.15, 0.2) is 42.5 Å². The highest BCUT2D eigenvalue weighted by Crippen LogP contribution is 2.24. The second-order valence-corrected chi connectivity index (χ2v) is 5.58. The minimum atomic E-state index is -0.285. The second kappa shape index (κ2) is 10.3. The summed E-state index contributed by atoms with van der Waals surface area (Å²) in [6.07, 6.45) is 0. The Bertz CT molecular complexity index is 639. The minimum Gasteiger partial charge on any atom is -0.488 e. The highest BCUT2D eigenvalue weighted by atomic mass is 35.5. The normalized spacial score (nSPS) is 10.8. The number of halogens is 2. The van der Waals surface area contributed by atoms with Crippen LogP contribution in [-0.2, 0) is 17.9 Å². The number of benzene rings is 2. The summed E-state index contributed by atoms with van der Waals surface area (Å²) < 4.78 is 24.6. The van der Waals surface area contributed by atoms with E-state index in [4.69, 9.17) is 26.2 Å². The second-order valence-electron chi connectivity index (χ2n) is 5.14. The Kier molecular flexibility index (Phi) is 7.98. The first kappa shape index (κ1) is 18.7. The predicted molar refractivity (Wildman–Crippen MR) is 91.8 cm³/mol. The van der Waals surface area contributed by atoms with Gasteiger partial charge < -0.3 is 19.9 Å². The van der Waals surface area contributed by atoms with Gasteiger partial charge in [0, 0.05) is 29.2 Å². The summed E-state index contributed by atoms with van der Waals surface area (Å²) in [6.45, 7) is 2.19. The summed E-state index contributed by atoms with van der Waals surface area (Å²) in [5.74, 6) is 0.374. The van der Waals surface area contributed by atoms with E-state index in [9.17, 15) is 4.39 Å². The summed E-state index contributed by atoms with van der Waals surface area (Å²) in [6, 6.07) is 11.9. The summed E-state index contributed by atoms with van der Waals surface area (Å²) in [4.78, 5) is 0. The van der Waals surface area contributed by atoms with Crippen LogP contribution in [0.25, 0.3) is 0 Å². The molecule has 0 fully saturated rings. The fraction of sp³-hybridized carbons (Fsp3) is 0.333. The van der Waals surface area contributed by atoms with Crippen molar-refractivity contribution in [3.05, 3.63) is 64.4 Å². The SMILES string of the molecule is OCCOCCNCc1cc(Cl)ccc1OCc1ccccc1F.